The summed E-state index contributed by atoms with van der Waals surface area (Å²) in [6.45, 7) is 3.92. The van der Waals surface area contributed by atoms with E-state index in [1.807, 2.05) is 72.8 Å². The Morgan fingerprint density at radius 3 is 2.45 bits per heavy atom. The summed E-state index contributed by atoms with van der Waals surface area (Å²) in [7, 11) is 1.34. The fourth-order valence-electron chi connectivity index (χ4n) is 4.92. The van der Waals surface area contributed by atoms with E-state index in [1.54, 1.807) is 30.5 Å². The first-order valence-corrected chi connectivity index (χ1v) is 14.7. The summed E-state index contributed by atoms with van der Waals surface area (Å²) < 4.78 is 4.70. The van der Waals surface area contributed by atoms with E-state index in [9.17, 15) is 14.4 Å². The standard InChI is InChI=1S/C33H34N4O4S/c1-33(2,34)31(39)36-27-20-42-29-26-11-7-4-8-22(26)16-17-28(29)37(30(27)38)19-21-12-14-23(15-13-21)25-10-6-5-9-24(25)18-35-32(40)41-3/h4-17,27H,18-20,34H2,1-3H3,(H,35,40)(H,36,39). The third kappa shape index (κ3) is 6.27. The molecule has 0 aliphatic carbocycles. The molecule has 42 heavy (non-hydrogen) atoms. The number of hydrogen-bond acceptors (Lipinski definition) is 6. The molecule has 0 aromatic heterocycles. The fourth-order valence-corrected chi connectivity index (χ4v) is 6.15. The van der Waals surface area contributed by atoms with Gasteiger partial charge in [-0.1, -0.05) is 78.9 Å². The van der Waals surface area contributed by atoms with Gasteiger partial charge in [-0.3, -0.25) is 9.59 Å². The predicted octanol–water partition coefficient (Wildman–Crippen LogP) is 5.22. The number of carbonyl (C=O) groups excluding carboxylic acids is 3. The summed E-state index contributed by atoms with van der Waals surface area (Å²) in [5.41, 5.74) is 9.62. The number of methoxy groups -OCH3 is 1. The normalized spacial score (nSPS) is 15.1. The lowest BCUT2D eigenvalue weighted by atomic mass is 9.98. The molecule has 0 spiro atoms. The number of ether oxygens (including phenoxy) is 1. The number of carbonyl (C=O) groups is 3. The molecule has 0 radical (unpaired) electrons. The van der Waals surface area contributed by atoms with Crippen LogP contribution in [0.25, 0.3) is 21.9 Å². The minimum absolute atomic E-state index is 0.183. The second kappa shape index (κ2) is 12.3. The molecule has 216 valence electrons. The van der Waals surface area contributed by atoms with E-state index in [0.29, 0.717) is 18.8 Å². The monoisotopic (exact) mass is 582 g/mol. The molecule has 1 unspecified atom stereocenters. The Balaban J connectivity index is 1.46. The zero-order valence-electron chi connectivity index (χ0n) is 23.8. The Morgan fingerprint density at radius 2 is 1.71 bits per heavy atom. The van der Waals surface area contributed by atoms with E-state index < -0.39 is 17.7 Å². The summed E-state index contributed by atoms with van der Waals surface area (Å²) in [4.78, 5) is 41.2. The van der Waals surface area contributed by atoms with Crippen molar-refractivity contribution >= 4 is 46.1 Å². The molecule has 5 rings (SSSR count). The van der Waals surface area contributed by atoms with Crippen molar-refractivity contribution < 1.29 is 19.1 Å². The van der Waals surface area contributed by atoms with Gasteiger partial charge >= 0.3 is 6.09 Å². The molecular formula is C33H34N4O4S. The molecule has 4 N–H and O–H groups in total. The number of nitrogens with two attached hydrogens (primary N) is 1. The number of thioether (sulfide) groups is 1. The first kappa shape index (κ1) is 29.2. The minimum Gasteiger partial charge on any atom is -0.453 e. The molecule has 4 aromatic rings. The number of anilines is 1. The summed E-state index contributed by atoms with van der Waals surface area (Å²) in [6.07, 6.45) is -0.488. The van der Waals surface area contributed by atoms with Crippen LogP contribution in [-0.2, 0) is 27.4 Å². The van der Waals surface area contributed by atoms with Gasteiger partial charge < -0.3 is 26.0 Å². The molecule has 8 nitrogen and oxygen atoms in total. The van der Waals surface area contributed by atoms with Crippen LogP contribution < -0.4 is 21.3 Å². The summed E-state index contributed by atoms with van der Waals surface area (Å²) >= 11 is 1.57. The highest BCUT2D eigenvalue weighted by molar-refractivity contribution is 7.99. The quantitative estimate of drug-likeness (QED) is 0.275. The Hall–Kier alpha value is -4.34. The third-order valence-corrected chi connectivity index (χ3v) is 8.45. The number of amides is 3. The first-order chi connectivity index (χ1) is 20.2. The highest BCUT2D eigenvalue weighted by atomic mass is 32.2. The molecule has 1 aliphatic heterocycles. The van der Waals surface area contributed by atoms with Gasteiger partial charge in [-0.05, 0) is 52.9 Å². The van der Waals surface area contributed by atoms with Crippen molar-refractivity contribution in [1.82, 2.24) is 10.6 Å². The maximum atomic E-state index is 14.0. The van der Waals surface area contributed by atoms with Crippen LogP contribution in [0.3, 0.4) is 0 Å². The van der Waals surface area contributed by atoms with Crippen molar-refractivity contribution in [3.05, 3.63) is 96.1 Å². The lowest BCUT2D eigenvalue weighted by Crippen LogP contribution is -2.56. The van der Waals surface area contributed by atoms with Gasteiger partial charge in [0.25, 0.3) is 5.91 Å². The van der Waals surface area contributed by atoms with E-state index in [2.05, 4.69) is 22.8 Å². The molecule has 0 saturated heterocycles. The van der Waals surface area contributed by atoms with Gasteiger partial charge in [0.1, 0.15) is 6.04 Å². The molecule has 0 fully saturated rings. The predicted molar refractivity (Wildman–Crippen MR) is 167 cm³/mol. The van der Waals surface area contributed by atoms with Crippen molar-refractivity contribution in [2.75, 3.05) is 17.8 Å². The number of hydrogen-bond donors (Lipinski definition) is 3. The lowest BCUT2D eigenvalue weighted by Gasteiger charge is -2.28. The van der Waals surface area contributed by atoms with Crippen molar-refractivity contribution in [3.8, 4) is 11.1 Å². The zero-order valence-corrected chi connectivity index (χ0v) is 24.7. The topological polar surface area (TPSA) is 114 Å². The number of alkyl carbamates (subject to hydrolysis) is 1. The van der Waals surface area contributed by atoms with Gasteiger partial charge in [-0.15, -0.1) is 11.8 Å². The number of benzene rings is 4. The molecule has 1 atom stereocenters. The van der Waals surface area contributed by atoms with Crippen LogP contribution in [0.5, 0.6) is 0 Å². The van der Waals surface area contributed by atoms with E-state index >= 15 is 0 Å². The summed E-state index contributed by atoms with van der Waals surface area (Å²) in [5, 5.41) is 7.79. The van der Waals surface area contributed by atoms with Gasteiger partial charge in [0, 0.05) is 17.2 Å². The molecule has 1 heterocycles. The second-order valence-corrected chi connectivity index (χ2v) is 11.8. The van der Waals surface area contributed by atoms with Crippen LogP contribution in [0, 0.1) is 0 Å². The van der Waals surface area contributed by atoms with Crippen LogP contribution in [-0.4, -0.2) is 42.4 Å². The lowest BCUT2D eigenvalue weighted by molar-refractivity contribution is -0.129. The highest BCUT2D eigenvalue weighted by Crippen LogP contribution is 2.40. The smallest absolute Gasteiger partial charge is 0.407 e. The fraction of sp³-hybridized carbons (Fsp3) is 0.242. The Kier molecular flexibility index (Phi) is 8.51. The van der Waals surface area contributed by atoms with E-state index in [4.69, 9.17) is 10.5 Å². The van der Waals surface area contributed by atoms with Crippen molar-refractivity contribution in [3.63, 3.8) is 0 Å². The number of nitrogens with one attached hydrogen (secondary N) is 2. The van der Waals surface area contributed by atoms with Gasteiger partial charge in [-0.2, -0.15) is 0 Å². The number of fused-ring (bicyclic) bond motifs is 3. The van der Waals surface area contributed by atoms with Crippen LogP contribution in [0.4, 0.5) is 10.5 Å². The first-order valence-electron chi connectivity index (χ1n) is 13.7. The van der Waals surface area contributed by atoms with Gasteiger partial charge in [-0.25, -0.2) is 4.79 Å². The van der Waals surface area contributed by atoms with Crippen LogP contribution >= 0.6 is 11.8 Å². The SMILES string of the molecule is COC(=O)NCc1ccccc1-c1ccc(CN2C(=O)C(NC(=O)C(C)(C)N)CSc3c2ccc2ccccc32)cc1. The zero-order chi connectivity index (χ0) is 29.9. The van der Waals surface area contributed by atoms with E-state index in [1.165, 1.54) is 7.11 Å². The third-order valence-electron chi connectivity index (χ3n) is 7.23. The summed E-state index contributed by atoms with van der Waals surface area (Å²) in [6, 6.07) is 27.3. The second-order valence-electron chi connectivity index (χ2n) is 10.8. The van der Waals surface area contributed by atoms with Gasteiger partial charge in [0.15, 0.2) is 0 Å². The Morgan fingerprint density at radius 1 is 1.00 bits per heavy atom. The molecule has 0 saturated carbocycles. The Bertz CT molecular complexity index is 1630. The molecule has 0 bridgehead atoms. The molecule has 9 heteroatoms. The number of rotatable bonds is 7. The molecule has 3 amide bonds. The maximum absolute atomic E-state index is 14.0. The van der Waals surface area contributed by atoms with Crippen LogP contribution in [0.2, 0.25) is 0 Å². The van der Waals surface area contributed by atoms with Gasteiger partial charge in [0.05, 0.1) is 24.9 Å². The average molecular weight is 583 g/mol. The highest BCUT2D eigenvalue weighted by Gasteiger charge is 2.35. The van der Waals surface area contributed by atoms with Crippen LogP contribution in [0.15, 0.2) is 89.8 Å². The number of nitrogens with zero attached hydrogens (tertiary/aromatic N) is 1. The minimum atomic E-state index is -1.11. The molecular weight excluding hydrogens is 548 g/mol. The van der Waals surface area contributed by atoms with Crippen molar-refractivity contribution in [2.24, 2.45) is 5.73 Å². The van der Waals surface area contributed by atoms with Crippen molar-refractivity contribution in [2.45, 2.75) is 43.4 Å². The average Bonchev–Trinajstić information content (AvgIpc) is 3.12. The largest absolute Gasteiger partial charge is 0.453 e. The van der Waals surface area contributed by atoms with Crippen molar-refractivity contribution in [1.29, 1.82) is 0 Å². The maximum Gasteiger partial charge on any atom is 0.407 e. The molecule has 1 aliphatic rings. The van der Waals surface area contributed by atoms with Gasteiger partial charge in [0.2, 0.25) is 5.91 Å². The van der Waals surface area contributed by atoms with E-state index in [0.717, 1.165) is 43.6 Å². The van der Waals surface area contributed by atoms with E-state index in [-0.39, 0.29) is 11.8 Å². The van der Waals surface area contributed by atoms with Crippen LogP contribution in [0.1, 0.15) is 25.0 Å². The Labute approximate surface area is 249 Å². The summed E-state index contributed by atoms with van der Waals surface area (Å²) in [5.74, 6) is -0.160. The molecule has 4 aromatic carbocycles.